The van der Waals surface area contributed by atoms with Crippen LogP contribution in [0.2, 0.25) is 0 Å². The van der Waals surface area contributed by atoms with Gasteiger partial charge in [0, 0.05) is 4.88 Å². The summed E-state index contributed by atoms with van der Waals surface area (Å²) in [5.74, 6) is -2.65. The van der Waals surface area contributed by atoms with Crippen molar-refractivity contribution in [2.75, 3.05) is 6.54 Å². The molecule has 1 fully saturated rings. The summed E-state index contributed by atoms with van der Waals surface area (Å²) < 4.78 is 25.9. The molecular formula is C11H12N2O6S2. The van der Waals surface area contributed by atoms with E-state index < -0.39 is 40.4 Å². The van der Waals surface area contributed by atoms with Crippen molar-refractivity contribution in [3.8, 4) is 0 Å². The largest absolute Gasteiger partial charge is 0.477 e. The van der Waals surface area contributed by atoms with Gasteiger partial charge in [-0.3, -0.25) is 14.9 Å². The monoisotopic (exact) mass is 332 g/mol. The number of hydrogen-bond donors (Lipinski definition) is 2. The van der Waals surface area contributed by atoms with E-state index in [1.165, 1.54) is 13.8 Å². The van der Waals surface area contributed by atoms with Gasteiger partial charge in [-0.15, -0.1) is 11.3 Å². The SMILES string of the molecule is Cc1sc(C(=O)O)cc1S(=O)(=O)N1CC(=O)NC(=O)C1C. The quantitative estimate of drug-likeness (QED) is 0.739. The number of carbonyl (C=O) groups excluding carboxylic acids is 2. The minimum Gasteiger partial charge on any atom is -0.477 e. The summed E-state index contributed by atoms with van der Waals surface area (Å²) in [6, 6.07) is 0.00162. The van der Waals surface area contributed by atoms with E-state index in [-0.39, 0.29) is 14.6 Å². The van der Waals surface area contributed by atoms with Crippen LogP contribution in [0.3, 0.4) is 0 Å². The Kier molecular flexibility index (Phi) is 3.87. The third-order valence-electron chi connectivity index (χ3n) is 3.04. The lowest BCUT2D eigenvalue weighted by Crippen LogP contribution is -2.58. The van der Waals surface area contributed by atoms with Gasteiger partial charge in [-0.1, -0.05) is 0 Å². The standard InChI is InChI=1S/C11H12N2O6S2/c1-5-10(15)12-9(14)4-13(5)21(18,19)8-3-7(11(16)17)20-6(8)2/h3,5H,4H2,1-2H3,(H,16,17)(H,12,14,15). The van der Waals surface area contributed by atoms with Crippen molar-refractivity contribution in [2.45, 2.75) is 24.8 Å². The van der Waals surface area contributed by atoms with Gasteiger partial charge in [-0.2, -0.15) is 4.31 Å². The third kappa shape index (κ3) is 2.69. The van der Waals surface area contributed by atoms with Gasteiger partial charge in [0.25, 0.3) is 0 Å². The molecule has 2 amide bonds. The molecule has 114 valence electrons. The summed E-state index contributed by atoms with van der Waals surface area (Å²) >= 11 is 0.825. The highest BCUT2D eigenvalue weighted by atomic mass is 32.2. The third-order valence-corrected chi connectivity index (χ3v) is 6.25. The Hall–Kier alpha value is -1.78. The van der Waals surface area contributed by atoms with Gasteiger partial charge >= 0.3 is 5.97 Å². The number of aromatic carboxylic acids is 1. The van der Waals surface area contributed by atoms with Crippen LogP contribution in [0.4, 0.5) is 0 Å². The fourth-order valence-corrected chi connectivity index (χ4v) is 4.89. The van der Waals surface area contributed by atoms with Gasteiger partial charge in [-0.05, 0) is 19.9 Å². The molecule has 0 saturated carbocycles. The van der Waals surface area contributed by atoms with E-state index in [9.17, 15) is 22.8 Å². The first-order valence-corrected chi connectivity index (χ1v) is 8.09. The number of sulfonamides is 1. The van der Waals surface area contributed by atoms with E-state index >= 15 is 0 Å². The topological polar surface area (TPSA) is 121 Å². The van der Waals surface area contributed by atoms with Crippen molar-refractivity contribution >= 4 is 39.1 Å². The molecule has 0 spiro atoms. The number of piperazine rings is 1. The van der Waals surface area contributed by atoms with Crippen molar-refractivity contribution in [3.63, 3.8) is 0 Å². The number of hydrogen-bond acceptors (Lipinski definition) is 6. The van der Waals surface area contributed by atoms with Crippen LogP contribution in [0.15, 0.2) is 11.0 Å². The highest BCUT2D eigenvalue weighted by molar-refractivity contribution is 7.89. The van der Waals surface area contributed by atoms with Crippen LogP contribution < -0.4 is 5.32 Å². The smallest absolute Gasteiger partial charge is 0.345 e. The zero-order valence-corrected chi connectivity index (χ0v) is 12.7. The average Bonchev–Trinajstić information content (AvgIpc) is 2.76. The number of nitrogens with one attached hydrogen (secondary N) is 1. The van der Waals surface area contributed by atoms with Crippen LogP contribution >= 0.6 is 11.3 Å². The minimum absolute atomic E-state index is 0.119. The van der Waals surface area contributed by atoms with Gasteiger partial charge < -0.3 is 5.11 Å². The lowest BCUT2D eigenvalue weighted by Gasteiger charge is -2.30. The van der Waals surface area contributed by atoms with Gasteiger partial charge in [0.1, 0.15) is 10.9 Å². The first kappa shape index (κ1) is 15.6. The Bertz CT molecular complexity index is 736. The first-order chi connectivity index (χ1) is 9.64. The lowest BCUT2D eigenvalue weighted by molar-refractivity contribution is -0.136. The van der Waals surface area contributed by atoms with Crippen LogP contribution in [0, 0.1) is 6.92 Å². The predicted octanol–water partition coefficient (Wildman–Crippen LogP) is -0.210. The number of carbonyl (C=O) groups is 3. The first-order valence-electron chi connectivity index (χ1n) is 5.84. The Labute approximate surface area is 124 Å². The average molecular weight is 332 g/mol. The summed E-state index contributed by atoms with van der Waals surface area (Å²) in [5, 5.41) is 11.0. The Morgan fingerprint density at radius 3 is 2.62 bits per heavy atom. The second-order valence-corrected chi connectivity index (χ2v) is 7.59. The second kappa shape index (κ2) is 5.20. The van der Waals surface area contributed by atoms with Crippen LogP contribution in [0.1, 0.15) is 21.5 Å². The highest BCUT2D eigenvalue weighted by Crippen LogP contribution is 2.29. The van der Waals surface area contributed by atoms with E-state index in [0.29, 0.717) is 0 Å². The van der Waals surface area contributed by atoms with Crippen LogP contribution in [0.25, 0.3) is 0 Å². The summed E-state index contributed by atoms with van der Waals surface area (Å²) in [4.78, 5) is 33.8. The molecule has 21 heavy (non-hydrogen) atoms. The number of rotatable bonds is 3. The molecule has 10 heteroatoms. The zero-order valence-electron chi connectivity index (χ0n) is 11.1. The van der Waals surface area contributed by atoms with Crippen molar-refractivity contribution in [1.82, 2.24) is 9.62 Å². The molecule has 0 radical (unpaired) electrons. The Morgan fingerprint density at radius 1 is 1.48 bits per heavy atom. The van der Waals surface area contributed by atoms with Gasteiger partial charge in [-0.25, -0.2) is 13.2 Å². The molecule has 2 N–H and O–H groups in total. The van der Waals surface area contributed by atoms with E-state index in [0.717, 1.165) is 21.7 Å². The molecule has 0 aromatic carbocycles. The fraction of sp³-hybridized carbons (Fsp3) is 0.364. The van der Waals surface area contributed by atoms with Crippen LogP contribution in [-0.2, 0) is 19.6 Å². The van der Waals surface area contributed by atoms with E-state index in [4.69, 9.17) is 5.11 Å². The number of thiophene rings is 1. The molecular weight excluding hydrogens is 320 g/mol. The van der Waals surface area contributed by atoms with Gasteiger partial charge in [0.2, 0.25) is 21.8 Å². The molecule has 1 aromatic heterocycles. The van der Waals surface area contributed by atoms with Crippen molar-refractivity contribution < 1.29 is 27.9 Å². The van der Waals surface area contributed by atoms with E-state index in [2.05, 4.69) is 0 Å². The maximum atomic E-state index is 12.6. The number of amides is 2. The van der Waals surface area contributed by atoms with Crippen LogP contribution in [-0.4, -0.2) is 48.2 Å². The van der Waals surface area contributed by atoms with Gasteiger partial charge in [0.05, 0.1) is 11.4 Å². The number of nitrogens with zero attached hydrogens (tertiary/aromatic N) is 1. The molecule has 1 unspecified atom stereocenters. The maximum Gasteiger partial charge on any atom is 0.345 e. The summed E-state index contributed by atoms with van der Waals surface area (Å²) in [7, 11) is -4.12. The predicted molar refractivity (Wildman–Crippen MR) is 72.5 cm³/mol. The molecule has 8 nitrogen and oxygen atoms in total. The molecule has 1 saturated heterocycles. The van der Waals surface area contributed by atoms with Crippen LogP contribution in [0.5, 0.6) is 0 Å². The molecule has 2 heterocycles. The Morgan fingerprint density at radius 2 is 2.10 bits per heavy atom. The molecule has 1 atom stereocenters. The summed E-state index contributed by atoms with van der Waals surface area (Å²) in [5.41, 5.74) is 0. The molecule has 0 aliphatic carbocycles. The number of imide groups is 1. The fourth-order valence-electron chi connectivity index (χ4n) is 1.94. The van der Waals surface area contributed by atoms with E-state index in [1.807, 2.05) is 5.32 Å². The highest BCUT2D eigenvalue weighted by Gasteiger charge is 2.40. The zero-order chi connectivity index (χ0) is 15.9. The maximum absolute atomic E-state index is 12.6. The number of carboxylic acids is 1. The molecule has 1 aliphatic rings. The van der Waals surface area contributed by atoms with Gasteiger partial charge in [0.15, 0.2) is 0 Å². The molecule has 2 rings (SSSR count). The molecule has 1 aliphatic heterocycles. The second-order valence-electron chi connectivity index (χ2n) is 4.47. The molecule has 1 aromatic rings. The van der Waals surface area contributed by atoms with Crippen molar-refractivity contribution in [2.24, 2.45) is 0 Å². The summed E-state index contributed by atoms with van der Waals surface area (Å²) in [6.07, 6.45) is 0. The minimum atomic E-state index is -4.12. The lowest BCUT2D eigenvalue weighted by atomic mass is 10.2. The van der Waals surface area contributed by atoms with E-state index in [1.54, 1.807) is 0 Å². The molecule has 0 bridgehead atoms. The summed E-state index contributed by atoms with van der Waals surface area (Å²) in [6.45, 7) is 2.35. The number of carboxylic acid groups (broad SMARTS) is 1. The number of aryl methyl sites for hydroxylation is 1. The van der Waals surface area contributed by atoms with Crippen molar-refractivity contribution in [1.29, 1.82) is 0 Å². The van der Waals surface area contributed by atoms with Crippen molar-refractivity contribution in [3.05, 3.63) is 15.8 Å². The normalized spacial score (nSPS) is 20.4. The Balaban J connectivity index is 2.48.